The molecule has 0 spiro atoms. The minimum absolute atomic E-state index is 0.0211. The van der Waals surface area contributed by atoms with Crippen molar-refractivity contribution in [3.8, 4) is 12.1 Å². The molecule has 0 radical (unpaired) electrons. The molecule has 0 aliphatic carbocycles. The minimum atomic E-state index is 0.0211. The third-order valence-electron chi connectivity index (χ3n) is 5.61. The third-order valence-corrected chi connectivity index (χ3v) is 5.61. The van der Waals surface area contributed by atoms with Gasteiger partial charge in [0.15, 0.2) is 0 Å². The van der Waals surface area contributed by atoms with Crippen LogP contribution in [0, 0.1) is 28.6 Å². The molecule has 2 fully saturated rings. The van der Waals surface area contributed by atoms with E-state index in [1.54, 1.807) is 18.2 Å². The molecule has 0 aromatic heterocycles. The average Bonchev–Trinajstić information content (AvgIpc) is 3.24. The zero-order valence-electron chi connectivity index (χ0n) is 15.8. The summed E-state index contributed by atoms with van der Waals surface area (Å²) in [5, 5.41) is 21.8. The Balaban J connectivity index is 1.47. The standard InChI is InChI=1S/C21H27N5O/c22-15-18-5-3-6-19(16-23)20(18)26-13-7-17(8-14-26)21(27)24-9-4-12-25-10-1-2-11-25/h3,5-6,17H,1-2,4,7-14H2,(H,24,27). The Morgan fingerprint density at radius 2 is 1.70 bits per heavy atom. The zero-order chi connectivity index (χ0) is 19.1. The molecule has 142 valence electrons. The van der Waals surface area contributed by atoms with Crippen molar-refractivity contribution in [2.75, 3.05) is 44.2 Å². The molecule has 1 N–H and O–H groups in total. The second-order valence-electron chi connectivity index (χ2n) is 7.38. The van der Waals surface area contributed by atoms with E-state index in [9.17, 15) is 15.3 Å². The van der Waals surface area contributed by atoms with Gasteiger partial charge in [0.25, 0.3) is 0 Å². The van der Waals surface area contributed by atoms with Crippen molar-refractivity contribution in [1.29, 1.82) is 10.5 Å². The number of nitrogens with one attached hydrogen (secondary N) is 1. The summed E-state index contributed by atoms with van der Waals surface area (Å²) in [5.74, 6) is 0.165. The van der Waals surface area contributed by atoms with Crippen LogP contribution in [0.1, 0.15) is 43.2 Å². The number of nitrogens with zero attached hydrogens (tertiary/aromatic N) is 4. The van der Waals surface area contributed by atoms with Crippen LogP contribution in [-0.4, -0.2) is 50.1 Å². The zero-order valence-corrected chi connectivity index (χ0v) is 15.8. The number of amides is 1. The Hall–Kier alpha value is -2.57. The first-order chi connectivity index (χ1) is 13.2. The second kappa shape index (κ2) is 9.39. The van der Waals surface area contributed by atoms with E-state index in [1.807, 2.05) is 0 Å². The van der Waals surface area contributed by atoms with Crippen LogP contribution in [-0.2, 0) is 4.79 Å². The molecule has 1 aromatic carbocycles. The second-order valence-corrected chi connectivity index (χ2v) is 7.38. The van der Waals surface area contributed by atoms with Crippen LogP contribution >= 0.6 is 0 Å². The first-order valence-corrected chi connectivity index (χ1v) is 9.91. The van der Waals surface area contributed by atoms with Crippen molar-refractivity contribution in [2.24, 2.45) is 5.92 Å². The highest BCUT2D eigenvalue weighted by molar-refractivity contribution is 5.79. The largest absolute Gasteiger partial charge is 0.369 e. The van der Waals surface area contributed by atoms with Crippen LogP contribution in [0.5, 0.6) is 0 Å². The van der Waals surface area contributed by atoms with Crippen molar-refractivity contribution < 1.29 is 4.79 Å². The number of anilines is 1. The molecule has 2 aliphatic heterocycles. The number of likely N-dealkylation sites (tertiary alicyclic amines) is 1. The van der Waals surface area contributed by atoms with Crippen molar-refractivity contribution in [3.05, 3.63) is 29.3 Å². The maximum atomic E-state index is 12.4. The minimum Gasteiger partial charge on any atom is -0.369 e. The van der Waals surface area contributed by atoms with E-state index >= 15 is 0 Å². The van der Waals surface area contributed by atoms with Crippen molar-refractivity contribution in [2.45, 2.75) is 32.1 Å². The van der Waals surface area contributed by atoms with Gasteiger partial charge < -0.3 is 15.1 Å². The van der Waals surface area contributed by atoms with E-state index in [1.165, 1.54) is 25.9 Å². The van der Waals surface area contributed by atoms with E-state index in [4.69, 9.17) is 0 Å². The highest BCUT2D eigenvalue weighted by Gasteiger charge is 2.27. The Morgan fingerprint density at radius 3 is 2.30 bits per heavy atom. The summed E-state index contributed by atoms with van der Waals surface area (Å²) in [6.45, 7) is 5.59. The van der Waals surface area contributed by atoms with E-state index in [0.717, 1.165) is 32.4 Å². The third kappa shape index (κ3) is 4.78. The molecule has 6 nitrogen and oxygen atoms in total. The lowest BCUT2D eigenvalue weighted by Gasteiger charge is -2.34. The molecule has 6 heteroatoms. The molecule has 0 bridgehead atoms. The average molecular weight is 365 g/mol. The van der Waals surface area contributed by atoms with Crippen LogP contribution in [0.2, 0.25) is 0 Å². The number of carbonyl (C=O) groups is 1. The molecular weight excluding hydrogens is 338 g/mol. The summed E-state index contributed by atoms with van der Waals surface area (Å²) in [7, 11) is 0. The number of para-hydroxylation sites is 1. The maximum absolute atomic E-state index is 12.4. The Kier molecular flexibility index (Phi) is 6.68. The van der Waals surface area contributed by atoms with Crippen molar-refractivity contribution in [1.82, 2.24) is 10.2 Å². The van der Waals surface area contributed by atoms with Gasteiger partial charge in [0.1, 0.15) is 12.1 Å². The van der Waals surface area contributed by atoms with Crippen LogP contribution in [0.15, 0.2) is 18.2 Å². The van der Waals surface area contributed by atoms with Gasteiger partial charge in [0, 0.05) is 25.6 Å². The monoisotopic (exact) mass is 365 g/mol. The fourth-order valence-electron chi connectivity index (χ4n) is 4.09. The summed E-state index contributed by atoms with van der Waals surface area (Å²) in [4.78, 5) is 17.0. The van der Waals surface area contributed by atoms with Gasteiger partial charge in [-0.3, -0.25) is 4.79 Å². The Labute approximate surface area is 161 Å². The van der Waals surface area contributed by atoms with Crippen LogP contribution in [0.4, 0.5) is 5.69 Å². The first kappa shape index (κ1) is 19.2. The molecular formula is C21H27N5O. The number of hydrogen-bond acceptors (Lipinski definition) is 5. The van der Waals surface area contributed by atoms with Gasteiger partial charge in [-0.15, -0.1) is 0 Å². The van der Waals surface area contributed by atoms with Crippen molar-refractivity contribution >= 4 is 11.6 Å². The predicted molar refractivity (Wildman–Crippen MR) is 104 cm³/mol. The maximum Gasteiger partial charge on any atom is 0.223 e. The lowest BCUT2D eigenvalue weighted by atomic mass is 9.94. The lowest BCUT2D eigenvalue weighted by molar-refractivity contribution is -0.125. The highest BCUT2D eigenvalue weighted by Crippen LogP contribution is 2.29. The summed E-state index contributed by atoms with van der Waals surface area (Å²) >= 11 is 0. The summed E-state index contributed by atoms with van der Waals surface area (Å²) in [6, 6.07) is 9.60. The summed E-state index contributed by atoms with van der Waals surface area (Å²) in [6.07, 6.45) is 5.11. The summed E-state index contributed by atoms with van der Waals surface area (Å²) < 4.78 is 0. The molecule has 0 saturated carbocycles. The van der Waals surface area contributed by atoms with Gasteiger partial charge in [-0.1, -0.05) is 6.07 Å². The Morgan fingerprint density at radius 1 is 1.07 bits per heavy atom. The van der Waals surface area contributed by atoms with Crippen LogP contribution in [0.3, 0.4) is 0 Å². The molecule has 1 aromatic rings. The topological polar surface area (TPSA) is 83.2 Å². The van der Waals surface area contributed by atoms with Gasteiger partial charge in [-0.2, -0.15) is 10.5 Å². The van der Waals surface area contributed by atoms with Crippen molar-refractivity contribution in [3.63, 3.8) is 0 Å². The number of carbonyl (C=O) groups excluding carboxylic acids is 1. The Bertz CT molecular complexity index is 702. The number of hydrogen-bond donors (Lipinski definition) is 1. The van der Waals surface area contributed by atoms with E-state index in [0.29, 0.717) is 29.9 Å². The number of nitriles is 2. The van der Waals surface area contributed by atoms with E-state index in [2.05, 4.69) is 27.3 Å². The van der Waals surface area contributed by atoms with E-state index in [-0.39, 0.29) is 11.8 Å². The molecule has 0 atom stereocenters. The SMILES string of the molecule is N#Cc1cccc(C#N)c1N1CCC(C(=O)NCCCN2CCCC2)CC1. The number of benzene rings is 1. The first-order valence-electron chi connectivity index (χ1n) is 9.91. The van der Waals surface area contributed by atoms with Gasteiger partial charge in [0.2, 0.25) is 5.91 Å². The van der Waals surface area contributed by atoms with Gasteiger partial charge in [-0.05, 0) is 63.9 Å². The smallest absolute Gasteiger partial charge is 0.223 e. The normalized spacial score (nSPS) is 18.1. The highest BCUT2D eigenvalue weighted by atomic mass is 16.1. The number of rotatable bonds is 6. The molecule has 3 rings (SSSR count). The van der Waals surface area contributed by atoms with Crippen LogP contribution < -0.4 is 10.2 Å². The molecule has 0 unspecified atom stereocenters. The van der Waals surface area contributed by atoms with Gasteiger partial charge in [0.05, 0.1) is 16.8 Å². The fraction of sp³-hybridized carbons (Fsp3) is 0.571. The van der Waals surface area contributed by atoms with Gasteiger partial charge >= 0.3 is 0 Å². The fourth-order valence-corrected chi connectivity index (χ4v) is 4.09. The predicted octanol–water partition coefficient (Wildman–Crippen LogP) is 2.25. The van der Waals surface area contributed by atoms with Crippen LogP contribution in [0.25, 0.3) is 0 Å². The molecule has 2 saturated heterocycles. The molecule has 1 amide bonds. The summed E-state index contributed by atoms with van der Waals surface area (Å²) in [5.41, 5.74) is 1.77. The molecule has 2 aliphatic rings. The quantitative estimate of drug-likeness (QED) is 0.782. The molecule has 27 heavy (non-hydrogen) atoms. The number of piperidine rings is 1. The van der Waals surface area contributed by atoms with Gasteiger partial charge in [-0.25, -0.2) is 0 Å². The lowest BCUT2D eigenvalue weighted by Crippen LogP contribution is -2.41. The van der Waals surface area contributed by atoms with E-state index < -0.39 is 0 Å². The molecule has 2 heterocycles.